The molecule has 1 N–H and O–H groups in total. The third kappa shape index (κ3) is 3.10. The van der Waals surface area contributed by atoms with Crippen molar-refractivity contribution in [3.05, 3.63) is 62.5 Å². The van der Waals surface area contributed by atoms with E-state index >= 15 is 0 Å². The predicted octanol–water partition coefficient (Wildman–Crippen LogP) is 4.25. The van der Waals surface area contributed by atoms with E-state index in [1.165, 1.54) is 7.11 Å². The number of esters is 1. The summed E-state index contributed by atoms with van der Waals surface area (Å²) in [6.07, 6.45) is 0. The number of carbonyl (C=O) groups is 1. The fourth-order valence-electron chi connectivity index (χ4n) is 3.12. The number of halogens is 2. The molecule has 1 unspecified atom stereocenters. The standard InChI is InChI=1S/C18H17Cl2N3O3/c1-8-13(17-22-10(3)23-26-17)15(11-6-5-7-12(19)16(11)20)14(9(2)21-8)18(24)25-4/h5-7,15,21H,1-4H3. The van der Waals surface area contributed by atoms with Gasteiger partial charge < -0.3 is 14.6 Å². The molecular weight excluding hydrogens is 377 g/mol. The van der Waals surface area contributed by atoms with E-state index in [1.54, 1.807) is 26.0 Å². The molecule has 0 amide bonds. The average molecular weight is 394 g/mol. The van der Waals surface area contributed by atoms with Crippen LogP contribution in [0.25, 0.3) is 5.57 Å². The number of ether oxygens (including phenoxy) is 1. The molecule has 0 saturated heterocycles. The topological polar surface area (TPSA) is 77.2 Å². The third-order valence-corrected chi connectivity index (χ3v) is 5.05. The number of hydrogen-bond donors (Lipinski definition) is 1. The number of allylic oxidation sites excluding steroid dienone is 3. The van der Waals surface area contributed by atoms with Gasteiger partial charge in [0, 0.05) is 17.0 Å². The van der Waals surface area contributed by atoms with Gasteiger partial charge in [-0.1, -0.05) is 40.5 Å². The first-order valence-electron chi connectivity index (χ1n) is 7.86. The highest BCUT2D eigenvalue weighted by molar-refractivity contribution is 6.42. The Bertz CT molecular complexity index is 947. The Balaban J connectivity index is 2.30. The van der Waals surface area contributed by atoms with Crippen LogP contribution in [0.1, 0.15) is 37.0 Å². The van der Waals surface area contributed by atoms with E-state index < -0.39 is 11.9 Å². The monoisotopic (exact) mass is 393 g/mol. The number of carbonyl (C=O) groups excluding carboxylic acids is 1. The molecule has 1 aromatic carbocycles. The van der Waals surface area contributed by atoms with Gasteiger partial charge >= 0.3 is 5.97 Å². The second-order valence-corrected chi connectivity index (χ2v) is 6.70. The van der Waals surface area contributed by atoms with Crippen LogP contribution in [0.3, 0.4) is 0 Å². The Hall–Kier alpha value is -2.31. The molecule has 3 rings (SSSR count). The number of rotatable bonds is 3. The fourth-order valence-corrected chi connectivity index (χ4v) is 3.54. The number of hydrogen-bond acceptors (Lipinski definition) is 6. The highest BCUT2D eigenvalue weighted by Gasteiger charge is 2.38. The van der Waals surface area contributed by atoms with Gasteiger partial charge in [0.15, 0.2) is 5.82 Å². The Morgan fingerprint density at radius 3 is 2.58 bits per heavy atom. The molecule has 6 nitrogen and oxygen atoms in total. The van der Waals surface area contributed by atoms with Gasteiger partial charge in [-0.25, -0.2) is 4.79 Å². The van der Waals surface area contributed by atoms with Crippen molar-refractivity contribution in [1.82, 2.24) is 15.5 Å². The lowest BCUT2D eigenvalue weighted by Gasteiger charge is -2.30. The predicted molar refractivity (Wildman–Crippen MR) is 98.7 cm³/mol. The summed E-state index contributed by atoms with van der Waals surface area (Å²) in [5, 5.41) is 7.80. The summed E-state index contributed by atoms with van der Waals surface area (Å²) in [6.45, 7) is 5.40. The van der Waals surface area contributed by atoms with Crippen molar-refractivity contribution < 1.29 is 14.1 Å². The van der Waals surface area contributed by atoms with Crippen LogP contribution < -0.4 is 5.32 Å². The van der Waals surface area contributed by atoms with Crippen LogP contribution in [0.5, 0.6) is 0 Å². The van der Waals surface area contributed by atoms with Crippen molar-refractivity contribution >= 4 is 34.7 Å². The normalized spacial score (nSPS) is 17.4. The first kappa shape index (κ1) is 18.5. The van der Waals surface area contributed by atoms with Gasteiger partial charge in [0.25, 0.3) is 5.89 Å². The van der Waals surface area contributed by atoms with Crippen molar-refractivity contribution in [1.29, 1.82) is 0 Å². The second-order valence-electron chi connectivity index (χ2n) is 5.92. The largest absolute Gasteiger partial charge is 0.466 e. The van der Waals surface area contributed by atoms with Crippen LogP contribution in [0, 0.1) is 6.92 Å². The maximum atomic E-state index is 12.6. The molecule has 1 aliphatic rings. The van der Waals surface area contributed by atoms with Gasteiger partial charge in [-0.15, -0.1) is 0 Å². The zero-order valence-electron chi connectivity index (χ0n) is 14.7. The minimum Gasteiger partial charge on any atom is -0.466 e. The Morgan fingerprint density at radius 1 is 1.23 bits per heavy atom. The highest BCUT2D eigenvalue weighted by atomic mass is 35.5. The smallest absolute Gasteiger partial charge is 0.336 e. The van der Waals surface area contributed by atoms with E-state index in [4.69, 9.17) is 32.5 Å². The van der Waals surface area contributed by atoms with E-state index in [2.05, 4.69) is 15.5 Å². The molecule has 0 aliphatic carbocycles. The quantitative estimate of drug-likeness (QED) is 0.785. The molecule has 0 fully saturated rings. The molecular formula is C18H17Cl2N3O3. The van der Waals surface area contributed by atoms with E-state index in [9.17, 15) is 4.79 Å². The zero-order chi connectivity index (χ0) is 19.0. The molecule has 1 atom stereocenters. The molecule has 1 aliphatic heterocycles. The Labute approximate surface area is 160 Å². The lowest BCUT2D eigenvalue weighted by atomic mass is 9.80. The summed E-state index contributed by atoms with van der Waals surface area (Å²) in [6, 6.07) is 5.29. The third-order valence-electron chi connectivity index (χ3n) is 4.22. The summed E-state index contributed by atoms with van der Waals surface area (Å²) >= 11 is 12.7. The molecule has 8 heteroatoms. The van der Waals surface area contributed by atoms with Crippen LogP contribution in [-0.4, -0.2) is 23.2 Å². The lowest BCUT2D eigenvalue weighted by molar-refractivity contribution is -0.136. The Kier molecular flexibility index (Phi) is 5.07. The summed E-state index contributed by atoms with van der Waals surface area (Å²) in [7, 11) is 1.33. The first-order valence-corrected chi connectivity index (χ1v) is 8.62. The van der Waals surface area contributed by atoms with Gasteiger partial charge in [-0.05, 0) is 32.4 Å². The Morgan fingerprint density at radius 2 is 1.96 bits per heavy atom. The van der Waals surface area contributed by atoms with Crippen molar-refractivity contribution in [2.24, 2.45) is 0 Å². The van der Waals surface area contributed by atoms with E-state index in [-0.39, 0.29) is 0 Å². The highest BCUT2D eigenvalue weighted by Crippen LogP contribution is 2.46. The SMILES string of the molecule is COC(=O)C1=C(C)NC(C)=C(c2nc(C)no2)C1c1cccc(Cl)c1Cl. The number of aromatic nitrogens is 2. The summed E-state index contributed by atoms with van der Waals surface area (Å²) < 4.78 is 10.4. The minimum atomic E-state index is -0.560. The van der Waals surface area contributed by atoms with Gasteiger partial charge in [-0.2, -0.15) is 4.98 Å². The summed E-state index contributed by atoms with van der Waals surface area (Å²) in [5.74, 6) is -0.239. The van der Waals surface area contributed by atoms with Crippen LogP contribution >= 0.6 is 23.2 Å². The summed E-state index contributed by atoms with van der Waals surface area (Å²) in [5.41, 5.74) is 3.16. The number of dihydropyridines is 1. The van der Waals surface area contributed by atoms with E-state index in [0.717, 1.165) is 5.70 Å². The molecule has 136 valence electrons. The van der Waals surface area contributed by atoms with E-state index in [1.807, 2.05) is 13.0 Å². The van der Waals surface area contributed by atoms with Crippen molar-refractivity contribution in [2.75, 3.05) is 7.11 Å². The number of aryl methyl sites for hydroxylation is 1. The molecule has 0 spiro atoms. The maximum Gasteiger partial charge on any atom is 0.336 e. The number of methoxy groups -OCH3 is 1. The molecule has 26 heavy (non-hydrogen) atoms. The van der Waals surface area contributed by atoms with Gasteiger partial charge in [0.1, 0.15) is 0 Å². The maximum absolute atomic E-state index is 12.6. The average Bonchev–Trinajstić information content (AvgIpc) is 3.02. The molecule has 1 aromatic heterocycles. The molecule has 0 bridgehead atoms. The van der Waals surface area contributed by atoms with Crippen LogP contribution in [0.4, 0.5) is 0 Å². The van der Waals surface area contributed by atoms with Crippen LogP contribution in [0.15, 0.2) is 39.7 Å². The van der Waals surface area contributed by atoms with Crippen molar-refractivity contribution in [2.45, 2.75) is 26.7 Å². The van der Waals surface area contributed by atoms with Gasteiger partial charge in [0.2, 0.25) is 0 Å². The molecule has 2 aromatic rings. The van der Waals surface area contributed by atoms with Gasteiger partial charge in [0.05, 0.1) is 28.6 Å². The fraction of sp³-hybridized carbons (Fsp3) is 0.278. The lowest BCUT2D eigenvalue weighted by Crippen LogP contribution is -2.28. The molecule has 0 saturated carbocycles. The number of nitrogens with one attached hydrogen (secondary N) is 1. The minimum absolute atomic E-state index is 0.308. The van der Waals surface area contributed by atoms with Crippen molar-refractivity contribution in [3.8, 4) is 0 Å². The molecule has 0 radical (unpaired) electrons. The molecule has 2 heterocycles. The second kappa shape index (κ2) is 7.13. The first-order chi connectivity index (χ1) is 12.3. The zero-order valence-corrected chi connectivity index (χ0v) is 16.2. The number of benzene rings is 1. The van der Waals surface area contributed by atoms with Crippen LogP contribution in [-0.2, 0) is 9.53 Å². The summed E-state index contributed by atoms with van der Waals surface area (Å²) in [4.78, 5) is 16.9. The van der Waals surface area contributed by atoms with E-state index in [0.29, 0.717) is 44.2 Å². The van der Waals surface area contributed by atoms with Gasteiger partial charge in [-0.3, -0.25) is 0 Å². The number of nitrogens with zero attached hydrogens (tertiary/aromatic N) is 2. The van der Waals surface area contributed by atoms with Crippen molar-refractivity contribution in [3.63, 3.8) is 0 Å². The van der Waals surface area contributed by atoms with Crippen LogP contribution in [0.2, 0.25) is 10.0 Å².